The lowest BCUT2D eigenvalue weighted by Gasteiger charge is -2.06. The predicted octanol–water partition coefficient (Wildman–Crippen LogP) is 2.83. The highest BCUT2D eigenvalue weighted by Gasteiger charge is 2.20. The third kappa shape index (κ3) is 2.66. The lowest BCUT2D eigenvalue weighted by Crippen LogP contribution is -2.15. The first-order valence-electron chi connectivity index (χ1n) is 5.81. The Morgan fingerprint density at radius 2 is 2.17 bits per heavy atom. The third-order valence-corrected chi connectivity index (χ3v) is 3.29. The van der Waals surface area contributed by atoms with E-state index in [1.165, 1.54) is 12.8 Å². The van der Waals surface area contributed by atoms with Crippen LogP contribution in [0.2, 0.25) is 10.0 Å². The molecule has 0 unspecified atom stereocenters. The van der Waals surface area contributed by atoms with Gasteiger partial charge in [-0.1, -0.05) is 23.2 Å². The van der Waals surface area contributed by atoms with Crippen LogP contribution in [0.15, 0.2) is 24.7 Å². The number of aromatic nitrogens is 3. The van der Waals surface area contributed by atoms with Gasteiger partial charge in [-0.25, -0.2) is 9.67 Å². The molecule has 1 saturated carbocycles. The average Bonchev–Trinajstić information content (AvgIpc) is 3.09. The molecule has 0 saturated heterocycles. The Kier molecular flexibility index (Phi) is 3.24. The summed E-state index contributed by atoms with van der Waals surface area (Å²) in [4.78, 5) is 4.33. The van der Waals surface area contributed by atoms with Crippen molar-refractivity contribution in [1.82, 2.24) is 20.1 Å². The van der Waals surface area contributed by atoms with Crippen molar-refractivity contribution >= 4 is 23.2 Å². The minimum atomic E-state index is 0.562. The predicted molar refractivity (Wildman–Crippen MR) is 71.2 cm³/mol. The van der Waals surface area contributed by atoms with Gasteiger partial charge in [0.2, 0.25) is 0 Å². The second kappa shape index (κ2) is 4.88. The molecule has 1 fully saturated rings. The van der Waals surface area contributed by atoms with E-state index in [1.54, 1.807) is 17.1 Å². The maximum Gasteiger partial charge on any atom is 0.172 e. The van der Waals surface area contributed by atoms with E-state index in [0.29, 0.717) is 21.9 Å². The molecule has 0 spiro atoms. The number of nitrogens with one attached hydrogen (secondary N) is 1. The van der Waals surface area contributed by atoms with Crippen molar-refractivity contribution in [2.75, 3.05) is 0 Å². The molecule has 2 aromatic rings. The lowest BCUT2D eigenvalue weighted by atomic mass is 10.3. The second-order valence-corrected chi connectivity index (χ2v) is 5.25. The van der Waals surface area contributed by atoms with Gasteiger partial charge in [0, 0.05) is 18.8 Å². The molecule has 18 heavy (non-hydrogen) atoms. The SMILES string of the molecule is Clc1cnn(-c2ncc(CNC3CC3)cc2Cl)c1. The zero-order valence-electron chi connectivity index (χ0n) is 9.61. The van der Waals surface area contributed by atoms with Gasteiger partial charge in [-0.3, -0.25) is 0 Å². The highest BCUT2D eigenvalue weighted by atomic mass is 35.5. The van der Waals surface area contributed by atoms with Crippen molar-refractivity contribution in [3.63, 3.8) is 0 Å². The van der Waals surface area contributed by atoms with Crippen LogP contribution in [-0.2, 0) is 6.54 Å². The van der Waals surface area contributed by atoms with Gasteiger partial charge < -0.3 is 5.32 Å². The number of halogens is 2. The van der Waals surface area contributed by atoms with E-state index in [0.717, 1.165) is 12.1 Å². The van der Waals surface area contributed by atoms with Gasteiger partial charge in [-0.15, -0.1) is 0 Å². The molecule has 0 atom stereocenters. The van der Waals surface area contributed by atoms with E-state index in [4.69, 9.17) is 23.2 Å². The van der Waals surface area contributed by atoms with Crippen molar-refractivity contribution in [2.24, 2.45) is 0 Å². The van der Waals surface area contributed by atoms with Gasteiger partial charge in [-0.2, -0.15) is 5.10 Å². The molecule has 0 amide bonds. The van der Waals surface area contributed by atoms with E-state index in [-0.39, 0.29) is 0 Å². The van der Waals surface area contributed by atoms with Crippen LogP contribution >= 0.6 is 23.2 Å². The van der Waals surface area contributed by atoms with Crippen molar-refractivity contribution in [1.29, 1.82) is 0 Å². The van der Waals surface area contributed by atoms with E-state index < -0.39 is 0 Å². The van der Waals surface area contributed by atoms with Gasteiger partial charge in [0.1, 0.15) is 0 Å². The van der Waals surface area contributed by atoms with Crippen molar-refractivity contribution in [3.05, 3.63) is 40.3 Å². The topological polar surface area (TPSA) is 42.7 Å². The Hall–Kier alpha value is -1.10. The molecule has 0 aromatic carbocycles. The molecule has 2 aromatic heterocycles. The average molecular weight is 283 g/mol. The summed E-state index contributed by atoms with van der Waals surface area (Å²) in [7, 11) is 0. The fourth-order valence-electron chi connectivity index (χ4n) is 1.70. The number of nitrogens with zero attached hydrogens (tertiary/aromatic N) is 3. The summed E-state index contributed by atoms with van der Waals surface area (Å²) >= 11 is 12.0. The fraction of sp³-hybridized carbons (Fsp3) is 0.333. The molecule has 0 bridgehead atoms. The molecule has 1 aliphatic carbocycles. The standard InChI is InChI=1S/C12H12Cl2N4/c13-9-6-17-18(7-9)12-11(14)3-8(5-16-12)4-15-10-1-2-10/h3,5-7,10,15H,1-2,4H2. The summed E-state index contributed by atoms with van der Waals surface area (Å²) < 4.78 is 1.57. The normalized spacial score (nSPS) is 15.0. The van der Waals surface area contributed by atoms with Crippen LogP contribution in [0.4, 0.5) is 0 Å². The molecule has 6 heteroatoms. The number of rotatable bonds is 4. The van der Waals surface area contributed by atoms with Gasteiger partial charge in [0.25, 0.3) is 0 Å². The van der Waals surface area contributed by atoms with Crippen LogP contribution in [-0.4, -0.2) is 20.8 Å². The first-order chi connectivity index (χ1) is 8.72. The summed E-state index contributed by atoms with van der Waals surface area (Å²) in [5, 5.41) is 8.64. The molecule has 2 heterocycles. The zero-order valence-corrected chi connectivity index (χ0v) is 11.1. The van der Waals surface area contributed by atoms with Crippen LogP contribution in [0.1, 0.15) is 18.4 Å². The lowest BCUT2D eigenvalue weighted by molar-refractivity contribution is 0.685. The van der Waals surface area contributed by atoms with Crippen molar-refractivity contribution < 1.29 is 0 Å². The molecular formula is C12H12Cl2N4. The minimum absolute atomic E-state index is 0.562. The quantitative estimate of drug-likeness (QED) is 0.938. The van der Waals surface area contributed by atoms with Crippen molar-refractivity contribution in [3.8, 4) is 5.82 Å². The van der Waals surface area contributed by atoms with E-state index >= 15 is 0 Å². The number of hydrogen-bond donors (Lipinski definition) is 1. The summed E-state index contributed by atoms with van der Waals surface area (Å²) in [6.07, 6.45) is 7.59. The Bertz CT molecular complexity index is 563. The summed E-state index contributed by atoms with van der Waals surface area (Å²) in [6, 6.07) is 2.59. The molecule has 4 nitrogen and oxygen atoms in total. The Morgan fingerprint density at radius 3 is 2.78 bits per heavy atom. The molecule has 3 rings (SSSR count). The molecule has 94 valence electrons. The van der Waals surface area contributed by atoms with Gasteiger partial charge in [0.05, 0.1) is 22.4 Å². The number of pyridine rings is 1. The first-order valence-corrected chi connectivity index (χ1v) is 6.56. The first kappa shape index (κ1) is 12.0. The van der Waals surface area contributed by atoms with E-state index in [1.807, 2.05) is 12.3 Å². The second-order valence-electron chi connectivity index (χ2n) is 4.41. The molecule has 1 aliphatic rings. The summed E-state index contributed by atoms with van der Waals surface area (Å²) in [5.41, 5.74) is 1.08. The maximum absolute atomic E-state index is 6.21. The smallest absolute Gasteiger partial charge is 0.172 e. The minimum Gasteiger partial charge on any atom is -0.310 e. The van der Waals surface area contributed by atoms with Gasteiger partial charge >= 0.3 is 0 Å². The van der Waals surface area contributed by atoms with Gasteiger partial charge in [-0.05, 0) is 24.5 Å². The zero-order chi connectivity index (χ0) is 12.5. The Labute approximate surface area is 115 Å². The summed E-state index contributed by atoms with van der Waals surface area (Å²) in [5.74, 6) is 0.596. The van der Waals surface area contributed by atoms with E-state index in [9.17, 15) is 0 Å². The van der Waals surface area contributed by atoms with Crippen LogP contribution < -0.4 is 5.32 Å². The Balaban J connectivity index is 1.79. The molecule has 0 aliphatic heterocycles. The van der Waals surface area contributed by atoms with E-state index in [2.05, 4.69) is 15.4 Å². The largest absolute Gasteiger partial charge is 0.310 e. The van der Waals surface area contributed by atoms with Crippen molar-refractivity contribution in [2.45, 2.75) is 25.4 Å². The third-order valence-electron chi connectivity index (χ3n) is 2.82. The van der Waals surface area contributed by atoms with Crippen LogP contribution in [0.5, 0.6) is 0 Å². The number of hydrogen-bond acceptors (Lipinski definition) is 3. The highest BCUT2D eigenvalue weighted by molar-refractivity contribution is 6.32. The van der Waals surface area contributed by atoms with Gasteiger partial charge in [0.15, 0.2) is 5.82 Å². The fourth-order valence-corrected chi connectivity index (χ4v) is 2.11. The summed E-state index contributed by atoms with van der Waals surface area (Å²) in [6.45, 7) is 0.803. The highest BCUT2D eigenvalue weighted by Crippen LogP contribution is 2.22. The molecular weight excluding hydrogens is 271 g/mol. The van der Waals surface area contributed by atoms with Crippen LogP contribution in [0.25, 0.3) is 5.82 Å². The Morgan fingerprint density at radius 1 is 1.33 bits per heavy atom. The molecule has 0 radical (unpaired) electrons. The molecule has 1 N–H and O–H groups in total. The maximum atomic E-state index is 6.21. The van der Waals surface area contributed by atoms with Crippen LogP contribution in [0.3, 0.4) is 0 Å². The monoisotopic (exact) mass is 282 g/mol. The van der Waals surface area contributed by atoms with Crippen LogP contribution in [0, 0.1) is 0 Å².